The van der Waals surface area contributed by atoms with Gasteiger partial charge in [0.05, 0.1) is 11.4 Å². The van der Waals surface area contributed by atoms with Gasteiger partial charge in [-0.1, -0.05) is 12.1 Å². The van der Waals surface area contributed by atoms with E-state index in [-0.39, 0.29) is 0 Å². The molecule has 1 aromatic heterocycles. The number of nitrogens with two attached hydrogens (primary N) is 1. The van der Waals surface area contributed by atoms with Crippen LogP contribution in [-0.4, -0.2) is 9.78 Å². The number of nitrogens with one attached hydrogen (secondary N) is 1. The van der Waals surface area contributed by atoms with E-state index in [1.54, 1.807) is 4.68 Å². The van der Waals surface area contributed by atoms with Gasteiger partial charge in [0.15, 0.2) is 5.82 Å². The van der Waals surface area contributed by atoms with Crippen molar-refractivity contribution in [2.75, 3.05) is 11.1 Å². The molecule has 15 heavy (non-hydrogen) atoms. The van der Waals surface area contributed by atoms with E-state index in [2.05, 4.69) is 10.4 Å². The lowest BCUT2D eigenvalue weighted by Crippen LogP contribution is -1.99. The summed E-state index contributed by atoms with van der Waals surface area (Å²) in [6.07, 6.45) is 1.88. The Morgan fingerprint density at radius 2 is 2.13 bits per heavy atom. The van der Waals surface area contributed by atoms with Gasteiger partial charge in [-0.2, -0.15) is 5.10 Å². The topological polar surface area (TPSA) is 55.9 Å². The van der Waals surface area contributed by atoms with Gasteiger partial charge in [-0.05, 0) is 18.6 Å². The third-order valence-electron chi connectivity index (χ3n) is 2.30. The zero-order valence-corrected chi connectivity index (χ0v) is 8.86. The van der Waals surface area contributed by atoms with E-state index in [0.29, 0.717) is 0 Å². The van der Waals surface area contributed by atoms with E-state index in [1.807, 2.05) is 44.4 Å². The minimum absolute atomic E-state index is 0.767. The number of aryl methyl sites for hydroxylation is 2. The molecule has 0 spiro atoms. The summed E-state index contributed by atoms with van der Waals surface area (Å²) in [5.74, 6) is 0.801. The third kappa shape index (κ3) is 1.93. The number of para-hydroxylation sites is 1. The molecule has 0 radical (unpaired) electrons. The molecule has 0 bridgehead atoms. The van der Waals surface area contributed by atoms with Crippen molar-refractivity contribution in [2.45, 2.75) is 6.92 Å². The normalized spacial score (nSPS) is 10.3. The zero-order chi connectivity index (χ0) is 10.8. The first-order valence-corrected chi connectivity index (χ1v) is 4.78. The lowest BCUT2D eigenvalue weighted by molar-refractivity contribution is 0.771. The highest BCUT2D eigenvalue weighted by atomic mass is 15.3. The van der Waals surface area contributed by atoms with Gasteiger partial charge in [-0.15, -0.1) is 0 Å². The van der Waals surface area contributed by atoms with Gasteiger partial charge in [0.2, 0.25) is 0 Å². The van der Waals surface area contributed by atoms with Crippen molar-refractivity contribution >= 4 is 17.2 Å². The van der Waals surface area contributed by atoms with Gasteiger partial charge >= 0.3 is 0 Å². The third-order valence-corrected chi connectivity index (χ3v) is 2.30. The highest BCUT2D eigenvalue weighted by Gasteiger charge is 2.02. The zero-order valence-electron chi connectivity index (χ0n) is 8.86. The Bertz CT molecular complexity index is 473. The second kappa shape index (κ2) is 3.65. The molecule has 0 amide bonds. The largest absolute Gasteiger partial charge is 0.397 e. The number of nitrogen functional groups attached to an aromatic ring is 1. The molecule has 1 heterocycles. The standard InChI is InChI=1S/C11H14N4/c1-8-4-3-5-9(11(8)12)13-10-6-7-15(2)14-10/h3-7H,12H2,1-2H3,(H,13,14). The molecule has 0 aliphatic heterocycles. The number of nitrogens with zero attached hydrogens (tertiary/aromatic N) is 2. The van der Waals surface area contributed by atoms with Crippen molar-refractivity contribution in [2.24, 2.45) is 7.05 Å². The fourth-order valence-electron chi connectivity index (χ4n) is 1.41. The molecule has 4 nitrogen and oxygen atoms in total. The monoisotopic (exact) mass is 202 g/mol. The van der Waals surface area contributed by atoms with Crippen LogP contribution in [0, 0.1) is 6.92 Å². The molecule has 2 aromatic rings. The van der Waals surface area contributed by atoms with E-state index < -0.39 is 0 Å². The fraction of sp³-hybridized carbons (Fsp3) is 0.182. The lowest BCUT2D eigenvalue weighted by atomic mass is 10.2. The summed E-state index contributed by atoms with van der Waals surface area (Å²) < 4.78 is 1.74. The molecule has 0 aliphatic rings. The SMILES string of the molecule is Cc1cccc(Nc2ccn(C)n2)c1N. The van der Waals surface area contributed by atoms with Crippen LogP contribution in [0.1, 0.15) is 5.56 Å². The van der Waals surface area contributed by atoms with Gasteiger partial charge < -0.3 is 11.1 Å². The highest BCUT2D eigenvalue weighted by Crippen LogP contribution is 2.24. The molecule has 0 saturated heterocycles. The lowest BCUT2D eigenvalue weighted by Gasteiger charge is -2.08. The molecule has 0 saturated carbocycles. The van der Waals surface area contributed by atoms with Gasteiger partial charge in [0.25, 0.3) is 0 Å². The van der Waals surface area contributed by atoms with E-state index in [0.717, 1.165) is 22.8 Å². The Morgan fingerprint density at radius 1 is 1.33 bits per heavy atom. The van der Waals surface area contributed by atoms with Crippen LogP contribution in [0.25, 0.3) is 0 Å². The van der Waals surface area contributed by atoms with Crippen molar-refractivity contribution < 1.29 is 0 Å². The molecule has 1 aromatic carbocycles. The molecule has 0 aliphatic carbocycles. The van der Waals surface area contributed by atoms with Crippen LogP contribution < -0.4 is 11.1 Å². The van der Waals surface area contributed by atoms with Crippen LogP contribution >= 0.6 is 0 Å². The molecule has 0 unspecified atom stereocenters. The molecule has 0 atom stereocenters. The second-order valence-electron chi connectivity index (χ2n) is 3.54. The van der Waals surface area contributed by atoms with Crippen molar-refractivity contribution in [3.05, 3.63) is 36.0 Å². The summed E-state index contributed by atoms with van der Waals surface area (Å²) in [5, 5.41) is 7.40. The number of aromatic nitrogens is 2. The Labute approximate surface area is 88.7 Å². The van der Waals surface area contributed by atoms with Crippen molar-refractivity contribution in [3.8, 4) is 0 Å². The number of rotatable bonds is 2. The highest BCUT2D eigenvalue weighted by molar-refractivity contribution is 5.73. The van der Waals surface area contributed by atoms with Crippen molar-refractivity contribution in [1.29, 1.82) is 0 Å². The average Bonchev–Trinajstić information content (AvgIpc) is 2.59. The van der Waals surface area contributed by atoms with E-state index >= 15 is 0 Å². The van der Waals surface area contributed by atoms with Crippen LogP contribution in [0.15, 0.2) is 30.5 Å². The summed E-state index contributed by atoms with van der Waals surface area (Å²) in [7, 11) is 1.88. The van der Waals surface area contributed by atoms with Crippen LogP contribution in [0.5, 0.6) is 0 Å². The first kappa shape index (κ1) is 9.58. The minimum atomic E-state index is 0.767. The van der Waals surface area contributed by atoms with Crippen LogP contribution in [0.4, 0.5) is 17.2 Å². The summed E-state index contributed by atoms with van der Waals surface area (Å²) in [5.41, 5.74) is 8.67. The minimum Gasteiger partial charge on any atom is -0.397 e. The number of hydrogen-bond acceptors (Lipinski definition) is 3. The van der Waals surface area contributed by atoms with E-state index in [4.69, 9.17) is 5.73 Å². The number of hydrogen-bond donors (Lipinski definition) is 2. The number of anilines is 3. The summed E-state index contributed by atoms with van der Waals surface area (Å²) >= 11 is 0. The predicted molar refractivity (Wildman–Crippen MR) is 62.1 cm³/mol. The van der Waals surface area contributed by atoms with Crippen molar-refractivity contribution in [3.63, 3.8) is 0 Å². The fourth-order valence-corrected chi connectivity index (χ4v) is 1.41. The smallest absolute Gasteiger partial charge is 0.152 e. The summed E-state index contributed by atoms with van der Waals surface area (Å²) in [6.45, 7) is 1.99. The maximum Gasteiger partial charge on any atom is 0.152 e. The summed E-state index contributed by atoms with van der Waals surface area (Å²) in [4.78, 5) is 0. The molecule has 3 N–H and O–H groups in total. The molecule has 78 valence electrons. The number of benzene rings is 1. The molecule has 0 fully saturated rings. The first-order chi connectivity index (χ1) is 7.16. The Morgan fingerprint density at radius 3 is 2.80 bits per heavy atom. The Kier molecular flexibility index (Phi) is 2.33. The molecular formula is C11H14N4. The maximum absolute atomic E-state index is 5.94. The quantitative estimate of drug-likeness (QED) is 0.733. The van der Waals surface area contributed by atoms with E-state index in [1.165, 1.54) is 0 Å². The van der Waals surface area contributed by atoms with Gasteiger partial charge in [0.1, 0.15) is 0 Å². The summed E-state index contributed by atoms with van der Waals surface area (Å²) in [6, 6.07) is 7.80. The Hall–Kier alpha value is -1.97. The molecule has 4 heteroatoms. The van der Waals surface area contributed by atoms with Crippen LogP contribution in [0.3, 0.4) is 0 Å². The van der Waals surface area contributed by atoms with Gasteiger partial charge in [-0.3, -0.25) is 4.68 Å². The Balaban J connectivity index is 2.28. The van der Waals surface area contributed by atoms with E-state index in [9.17, 15) is 0 Å². The van der Waals surface area contributed by atoms with Crippen LogP contribution in [0.2, 0.25) is 0 Å². The predicted octanol–water partition coefficient (Wildman–Crippen LogP) is 2.05. The van der Waals surface area contributed by atoms with Crippen LogP contribution in [-0.2, 0) is 7.05 Å². The second-order valence-corrected chi connectivity index (χ2v) is 3.54. The van der Waals surface area contributed by atoms with Crippen molar-refractivity contribution in [1.82, 2.24) is 9.78 Å². The maximum atomic E-state index is 5.94. The first-order valence-electron chi connectivity index (χ1n) is 4.78. The molecule has 2 rings (SSSR count). The van der Waals surface area contributed by atoms with Gasteiger partial charge in [-0.25, -0.2) is 0 Å². The average molecular weight is 202 g/mol. The van der Waals surface area contributed by atoms with Gasteiger partial charge in [0, 0.05) is 19.3 Å². The molecular weight excluding hydrogens is 188 g/mol.